The Bertz CT molecular complexity index is 1050. The maximum Gasteiger partial charge on any atom is 0.261 e. The summed E-state index contributed by atoms with van der Waals surface area (Å²) in [7, 11) is -3.82. The summed E-state index contributed by atoms with van der Waals surface area (Å²) in [4.78, 5) is 25.9. The first-order chi connectivity index (χ1) is 14.7. The van der Waals surface area contributed by atoms with Gasteiger partial charge in [-0.3, -0.25) is 14.3 Å². The summed E-state index contributed by atoms with van der Waals surface area (Å²) in [5.74, 6) is -0.130. The lowest BCUT2D eigenvalue weighted by atomic mass is 10.1. The molecule has 2 aromatic carbocycles. The number of hydrogen-bond acceptors (Lipinski definition) is 4. The Balaban J connectivity index is 1.49. The Morgan fingerprint density at radius 2 is 1.65 bits per heavy atom. The van der Waals surface area contributed by atoms with Crippen LogP contribution in [0.5, 0.6) is 0 Å². The number of carbonyl (C=O) groups is 2. The molecule has 166 valence electrons. The second-order valence-electron chi connectivity index (χ2n) is 7.24. The van der Waals surface area contributed by atoms with Gasteiger partial charge in [0.1, 0.15) is 0 Å². The Morgan fingerprint density at radius 1 is 0.968 bits per heavy atom. The Hall–Kier alpha value is -2.29. The van der Waals surface area contributed by atoms with E-state index in [9.17, 15) is 18.0 Å². The van der Waals surface area contributed by atoms with Crippen LogP contribution in [0.2, 0.25) is 10.0 Å². The number of anilines is 1. The largest absolute Gasteiger partial charge is 0.355 e. The fourth-order valence-corrected chi connectivity index (χ4v) is 4.68. The number of amides is 2. The zero-order valence-corrected chi connectivity index (χ0v) is 19.1. The average Bonchev–Trinajstić information content (AvgIpc) is 3.26. The van der Waals surface area contributed by atoms with E-state index in [2.05, 4.69) is 10.0 Å². The summed E-state index contributed by atoms with van der Waals surface area (Å²) in [6.45, 7) is 1.90. The number of benzene rings is 2. The van der Waals surface area contributed by atoms with Crippen LogP contribution in [0, 0.1) is 0 Å². The molecule has 0 unspecified atom stereocenters. The average molecular weight is 484 g/mol. The van der Waals surface area contributed by atoms with Gasteiger partial charge < -0.3 is 10.2 Å². The van der Waals surface area contributed by atoms with E-state index in [1.165, 1.54) is 18.2 Å². The van der Waals surface area contributed by atoms with Crippen molar-refractivity contribution in [1.29, 1.82) is 0 Å². The fourth-order valence-electron chi connectivity index (χ4n) is 3.23. The number of sulfonamides is 1. The molecule has 31 heavy (non-hydrogen) atoms. The third-order valence-corrected chi connectivity index (χ3v) is 7.01. The Kier molecular flexibility index (Phi) is 7.80. The van der Waals surface area contributed by atoms with Gasteiger partial charge >= 0.3 is 0 Å². The van der Waals surface area contributed by atoms with Crippen LogP contribution in [0.25, 0.3) is 0 Å². The Labute approximate surface area is 191 Å². The summed E-state index contributed by atoms with van der Waals surface area (Å²) in [6.07, 6.45) is 2.51. The molecule has 1 fully saturated rings. The standard InChI is InChI=1S/C21H23Cl2N3O4S/c22-18-8-7-17(14-19(18)23)31(29,30)25-16-5-3-15(4-6-16)13-20(27)24-10-9-21(28)26-11-1-2-12-26/h3-8,14,25H,1-2,9-13H2,(H,24,27). The number of halogens is 2. The summed E-state index contributed by atoms with van der Waals surface area (Å²) in [5.41, 5.74) is 1.08. The van der Waals surface area contributed by atoms with Crippen molar-refractivity contribution in [1.82, 2.24) is 10.2 Å². The van der Waals surface area contributed by atoms with Crippen LogP contribution in [-0.4, -0.2) is 44.8 Å². The lowest BCUT2D eigenvalue weighted by molar-refractivity contribution is -0.130. The monoisotopic (exact) mass is 483 g/mol. The maximum atomic E-state index is 12.5. The van der Waals surface area contributed by atoms with Gasteiger partial charge in [0.25, 0.3) is 10.0 Å². The molecule has 2 aromatic rings. The van der Waals surface area contributed by atoms with Crippen molar-refractivity contribution in [3.8, 4) is 0 Å². The first-order valence-electron chi connectivity index (χ1n) is 9.86. The second kappa shape index (κ2) is 10.3. The van der Waals surface area contributed by atoms with Gasteiger partial charge in [0, 0.05) is 31.7 Å². The van der Waals surface area contributed by atoms with Gasteiger partial charge in [0.05, 0.1) is 21.4 Å². The molecule has 0 spiro atoms. The molecule has 1 aliphatic rings. The van der Waals surface area contributed by atoms with Gasteiger partial charge in [-0.15, -0.1) is 0 Å². The lowest BCUT2D eigenvalue weighted by Gasteiger charge is -2.15. The molecule has 1 heterocycles. The Morgan fingerprint density at radius 3 is 2.29 bits per heavy atom. The normalized spacial score (nSPS) is 13.8. The number of nitrogens with zero attached hydrogens (tertiary/aromatic N) is 1. The minimum Gasteiger partial charge on any atom is -0.355 e. The quantitative estimate of drug-likeness (QED) is 0.600. The van der Waals surface area contributed by atoms with Crippen LogP contribution in [0.1, 0.15) is 24.8 Å². The number of likely N-dealkylation sites (tertiary alicyclic amines) is 1. The summed E-state index contributed by atoms with van der Waals surface area (Å²) >= 11 is 11.7. The molecule has 1 saturated heterocycles. The highest BCUT2D eigenvalue weighted by molar-refractivity contribution is 7.92. The van der Waals surface area contributed by atoms with Crippen molar-refractivity contribution in [2.45, 2.75) is 30.6 Å². The predicted octanol–water partition coefficient (Wildman–Crippen LogP) is 3.47. The van der Waals surface area contributed by atoms with Gasteiger partial charge in [0.15, 0.2) is 0 Å². The molecular formula is C21H23Cl2N3O4S. The minimum atomic E-state index is -3.82. The summed E-state index contributed by atoms with van der Waals surface area (Å²) in [6, 6.07) is 10.6. The zero-order valence-electron chi connectivity index (χ0n) is 16.7. The summed E-state index contributed by atoms with van der Waals surface area (Å²) < 4.78 is 27.4. The van der Waals surface area contributed by atoms with Gasteiger partial charge in [0.2, 0.25) is 11.8 Å². The maximum absolute atomic E-state index is 12.5. The van der Waals surface area contributed by atoms with Crippen molar-refractivity contribution in [2.24, 2.45) is 0 Å². The molecule has 1 aliphatic heterocycles. The molecule has 2 amide bonds. The second-order valence-corrected chi connectivity index (χ2v) is 9.74. The van der Waals surface area contributed by atoms with E-state index < -0.39 is 10.0 Å². The molecule has 0 saturated carbocycles. The van der Waals surface area contributed by atoms with Crippen molar-refractivity contribution < 1.29 is 18.0 Å². The van der Waals surface area contributed by atoms with Crippen molar-refractivity contribution in [3.63, 3.8) is 0 Å². The van der Waals surface area contributed by atoms with Gasteiger partial charge in [-0.05, 0) is 48.7 Å². The molecule has 0 radical (unpaired) electrons. The number of nitrogens with one attached hydrogen (secondary N) is 2. The van der Waals surface area contributed by atoms with E-state index in [0.29, 0.717) is 18.7 Å². The van der Waals surface area contributed by atoms with Gasteiger partial charge in [-0.1, -0.05) is 35.3 Å². The molecule has 10 heteroatoms. The molecule has 0 aliphatic carbocycles. The van der Waals surface area contributed by atoms with Crippen LogP contribution in [0.15, 0.2) is 47.4 Å². The lowest BCUT2D eigenvalue weighted by Crippen LogP contribution is -2.33. The first kappa shape index (κ1) is 23.4. The highest BCUT2D eigenvalue weighted by Gasteiger charge is 2.18. The third kappa shape index (κ3) is 6.59. The topological polar surface area (TPSA) is 95.6 Å². The van der Waals surface area contributed by atoms with Crippen molar-refractivity contribution in [3.05, 3.63) is 58.1 Å². The highest BCUT2D eigenvalue weighted by atomic mass is 35.5. The molecule has 3 rings (SSSR count). The van der Waals surface area contributed by atoms with Gasteiger partial charge in [-0.25, -0.2) is 8.42 Å². The molecule has 0 aromatic heterocycles. The van der Waals surface area contributed by atoms with E-state index in [4.69, 9.17) is 23.2 Å². The highest BCUT2D eigenvalue weighted by Crippen LogP contribution is 2.26. The predicted molar refractivity (Wildman–Crippen MR) is 121 cm³/mol. The minimum absolute atomic E-state index is 0.00571. The number of rotatable bonds is 8. The van der Waals surface area contributed by atoms with Gasteiger partial charge in [-0.2, -0.15) is 0 Å². The van der Waals surface area contributed by atoms with E-state index in [1.807, 2.05) is 4.90 Å². The van der Waals surface area contributed by atoms with Crippen molar-refractivity contribution >= 4 is 50.7 Å². The molecular weight excluding hydrogens is 461 g/mol. The SMILES string of the molecule is O=C(Cc1ccc(NS(=O)(=O)c2ccc(Cl)c(Cl)c2)cc1)NCCC(=O)N1CCCC1. The fraction of sp³-hybridized carbons (Fsp3) is 0.333. The molecule has 2 N–H and O–H groups in total. The van der Waals surface area contributed by atoms with Crippen LogP contribution < -0.4 is 10.0 Å². The van der Waals surface area contributed by atoms with E-state index in [1.54, 1.807) is 24.3 Å². The zero-order chi connectivity index (χ0) is 22.4. The van der Waals surface area contributed by atoms with E-state index in [-0.39, 0.29) is 33.2 Å². The van der Waals surface area contributed by atoms with E-state index >= 15 is 0 Å². The smallest absolute Gasteiger partial charge is 0.261 e. The van der Waals surface area contributed by atoms with Crippen molar-refractivity contribution in [2.75, 3.05) is 24.4 Å². The van der Waals surface area contributed by atoms with E-state index in [0.717, 1.165) is 31.5 Å². The summed E-state index contributed by atoms with van der Waals surface area (Å²) in [5, 5.41) is 3.16. The number of carbonyl (C=O) groups excluding carboxylic acids is 2. The number of hydrogen-bond donors (Lipinski definition) is 2. The molecule has 0 atom stereocenters. The van der Waals surface area contributed by atoms with Crippen LogP contribution in [0.4, 0.5) is 5.69 Å². The van der Waals surface area contributed by atoms with Crippen LogP contribution in [-0.2, 0) is 26.0 Å². The van der Waals surface area contributed by atoms with Crippen LogP contribution in [0.3, 0.4) is 0 Å². The third-order valence-electron chi connectivity index (χ3n) is 4.89. The first-order valence-corrected chi connectivity index (χ1v) is 12.1. The molecule has 7 nitrogen and oxygen atoms in total. The molecule has 0 bridgehead atoms. The van der Waals surface area contributed by atoms with Crippen LogP contribution >= 0.6 is 23.2 Å².